The number of likely N-dealkylation sites (tertiary alicyclic amines) is 1. The van der Waals surface area contributed by atoms with E-state index in [4.69, 9.17) is 0 Å². The molecule has 3 aliphatic carbocycles. The van der Waals surface area contributed by atoms with Gasteiger partial charge in [-0.2, -0.15) is 0 Å². The SMILES string of the molecule is CC1CC(C(=O)O)CN(C(=O)NC2CC3CCC2CC3)C1. The molecular formula is C16H26N2O3. The Balaban J connectivity index is 1.58. The van der Waals surface area contributed by atoms with Crippen molar-refractivity contribution in [3.05, 3.63) is 0 Å². The van der Waals surface area contributed by atoms with Gasteiger partial charge in [0.2, 0.25) is 0 Å². The zero-order chi connectivity index (χ0) is 15.0. The molecule has 2 amide bonds. The van der Waals surface area contributed by atoms with Crippen LogP contribution in [0.5, 0.6) is 0 Å². The summed E-state index contributed by atoms with van der Waals surface area (Å²) in [6.45, 7) is 3.06. The number of rotatable bonds is 2. The number of carbonyl (C=O) groups excluding carboxylic acids is 1. The average molecular weight is 294 g/mol. The van der Waals surface area contributed by atoms with Crippen LogP contribution in [0.2, 0.25) is 0 Å². The van der Waals surface area contributed by atoms with Gasteiger partial charge in [0.1, 0.15) is 0 Å². The van der Waals surface area contributed by atoms with Crippen LogP contribution in [0.4, 0.5) is 4.79 Å². The fraction of sp³-hybridized carbons (Fsp3) is 0.875. The Morgan fingerprint density at radius 2 is 1.81 bits per heavy atom. The van der Waals surface area contributed by atoms with Gasteiger partial charge in [0, 0.05) is 19.1 Å². The van der Waals surface area contributed by atoms with Crippen molar-refractivity contribution in [3.8, 4) is 0 Å². The Bertz CT molecular complexity index is 418. The monoisotopic (exact) mass is 294 g/mol. The number of carbonyl (C=O) groups is 2. The summed E-state index contributed by atoms with van der Waals surface area (Å²) in [5, 5.41) is 12.4. The molecule has 1 saturated heterocycles. The zero-order valence-electron chi connectivity index (χ0n) is 12.8. The third-order valence-corrected chi connectivity index (χ3v) is 5.65. The Kier molecular flexibility index (Phi) is 4.09. The van der Waals surface area contributed by atoms with Crippen LogP contribution >= 0.6 is 0 Å². The molecule has 0 radical (unpaired) electrons. The minimum absolute atomic E-state index is 0.0506. The van der Waals surface area contributed by atoms with E-state index >= 15 is 0 Å². The molecule has 4 fully saturated rings. The minimum atomic E-state index is -0.781. The first-order chi connectivity index (χ1) is 10.0. The van der Waals surface area contributed by atoms with Crippen LogP contribution in [0.1, 0.15) is 45.4 Å². The van der Waals surface area contributed by atoms with E-state index in [0.717, 1.165) is 12.3 Å². The number of amides is 2. The van der Waals surface area contributed by atoms with E-state index in [0.29, 0.717) is 31.5 Å². The first-order valence-corrected chi connectivity index (χ1v) is 8.31. The largest absolute Gasteiger partial charge is 0.481 e. The van der Waals surface area contributed by atoms with Crippen molar-refractivity contribution in [3.63, 3.8) is 0 Å². The summed E-state index contributed by atoms with van der Waals surface area (Å²) in [5.74, 6) is 0.482. The van der Waals surface area contributed by atoms with E-state index in [2.05, 4.69) is 5.32 Å². The lowest BCUT2D eigenvalue weighted by molar-refractivity contribution is -0.143. The van der Waals surface area contributed by atoms with Gasteiger partial charge in [0.05, 0.1) is 5.92 Å². The summed E-state index contributed by atoms with van der Waals surface area (Å²) in [6.07, 6.45) is 6.90. The molecule has 3 saturated carbocycles. The number of fused-ring (bicyclic) bond motifs is 3. The summed E-state index contributed by atoms with van der Waals surface area (Å²) in [6, 6.07) is 0.260. The van der Waals surface area contributed by atoms with Gasteiger partial charge < -0.3 is 15.3 Å². The molecule has 118 valence electrons. The molecule has 1 aliphatic heterocycles. The number of nitrogens with zero attached hydrogens (tertiary/aromatic N) is 1. The van der Waals surface area contributed by atoms with Gasteiger partial charge in [-0.25, -0.2) is 4.79 Å². The maximum absolute atomic E-state index is 12.5. The summed E-state index contributed by atoms with van der Waals surface area (Å²) < 4.78 is 0. The number of hydrogen-bond acceptors (Lipinski definition) is 2. The minimum Gasteiger partial charge on any atom is -0.481 e. The van der Waals surface area contributed by atoms with Crippen molar-refractivity contribution in [2.24, 2.45) is 23.7 Å². The first kappa shape index (κ1) is 14.7. The highest BCUT2D eigenvalue weighted by Crippen LogP contribution is 2.41. The quantitative estimate of drug-likeness (QED) is 0.821. The van der Waals surface area contributed by atoms with Crippen molar-refractivity contribution in [2.45, 2.75) is 51.5 Å². The zero-order valence-corrected chi connectivity index (χ0v) is 12.8. The normalized spacial score (nSPS) is 39.1. The average Bonchev–Trinajstić information content (AvgIpc) is 2.47. The number of carboxylic acid groups (broad SMARTS) is 1. The van der Waals surface area contributed by atoms with Gasteiger partial charge in [-0.15, -0.1) is 0 Å². The Morgan fingerprint density at radius 3 is 2.38 bits per heavy atom. The van der Waals surface area contributed by atoms with Crippen LogP contribution in [0.15, 0.2) is 0 Å². The molecule has 3 atom stereocenters. The van der Waals surface area contributed by atoms with Gasteiger partial charge >= 0.3 is 12.0 Å². The highest BCUT2D eigenvalue weighted by Gasteiger charge is 2.38. The molecule has 1 heterocycles. The molecule has 2 bridgehead atoms. The van der Waals surface area contributed by atoms with Crippen molar-refractivity contribution in [2.75, 3.05) is 13.1 Å². The standard InChI is InChI=1S/C16H26N2O3/c1-10-6-13(15(19)20)9-18(8-10)16(21)17-14-7-11-2-4-12(14)5-3-11/h10-14H,2-9H2,1H3,(H,17,21)(H,19,20). The van der Waals surface area contributed by atoms with Crippen LogP contribution < -0.4 is 5.32 Å². The van der Waals surface area contributed by atoms with Crippen molar-refractivity contribution in [1.82, 2.24) is 10.2 Å². The van der Waals surface area contributed by atoms with Gasteiger partial charge in [-0.3, -0.25) is 4.79 Å². The smallest absolute Gasteiger partial charge is 0.317 e. The third-order valence-electron chi connectivity index (χ3n) is 5.65. The van der Waals surface area contributed by atoms with Crippen molar-refractivity contribution >= 4 is 12.0 Å². The summed E-state index contributed by atoms with van der Waals surface area (Å²) in [4.78, 5) is 25.4. The van der Waals surface area contributed by atoms with Crippen LogP contribution in [0.25, 0.3) is 0 Å². The predicted molar refractivity (Wildman–Crippen MR) is 78.9 cm³/mol. The highest BCUT2D eigenvalue weighted by molar-refractivity contribution is 5.77. The van der Waals surface area contributed by atoms with Gasteiger partial charge in [0.25, 0.3) is 0 Å². The van der Waals surface area contributed by atoms with E-state index in [1.54, 1.807) is 4.90 Å². The summed E-state index contributed by atoms with van der Waals surface area (Å²) in [5.41, 5.74) is 0. The maximum atomic E-state index is 12.5. The third kappa shape index (κ3) is 3.16. The first-order valence-electron chi connectivity index (χ1n) is 8.31. The fourth-order valence-electron chi connectivity index (χ4n) is 4.50. The number of nitrogens with one attached hydrogen (secondary N) is 1. The van der Waals surface area contributed by atoms with Crippen molar-refractivity contribution < 1.29 is 14.7 Å². The van der Waals surface area contributed by atoms with E-state index in [1.807, 2.05) is 6.92 Å². The van der Waals surface area contributed by atoms with Crippen LogP contribution in [0.3, 0.4) is 0 Å². The van der Waals surface area contributed by atoms with E-state index in [1.165, 1.54) is 25.7 Å². The van der Waals surface area contributed by atoms with Crippen LogP contribution in [0, 0.1) is 23.7 Å². The molecule has 5 nitrogen and oxygen atoms in total. The Morgan fingerprint density at radius 1 is 1.10 bits per heavy atom. The van der Waals surface area contributed by atoms with Gasteiger partial charge in [0.15, 0.2) is 0 Å². The Labute approximate surface area is 126 Å². The maximum Gasteiger partial charge on any atom is 0.317 e. The molecule has 2 N–H and O–H groups in total. The fourth-order valence-corrected chi connectivity index (χ4v) is 4.50. The number of piperidine rings is 1. The summed E-state index contributed by atoms with van der Waals surface area (Å²) >= 11 is 0. The molecule has 21 heavy (non-hydrogen) atoms. The second-order valence-corrected chi connectivity index (χ2v) is 7.35. The molecule has 4 rings (SSSR count). The molecular weight excluding hydrogens is 268 g/mol. The van der Waals surface area contributed by atoms with E-state index < -0.39 is 11.9 Å². The molecule has 0 spiro atoms. The number of carboxylic acids is 1. The lowest BCUT2D eigenvalue weighted by atomic mass is 9.68. The predicted octanol–water partition coefficient (Wildman–Crippen LogP) is 2.32. The van der Waals surface area contributed by atoms with Crippen molar-refractivity contribution in [1.29, 1.82) is 0 Å². The topological polar surface area (TPSA) is 69.6 Å². The second-order valence-electron chi connectivity index (χ2n) is 7.35. The lowest BCUT2D eigenvalue weighted by Crippen LogP contribution is -2.54. The summed E-state index contributed by atoms with van der Waals surface area (Å²) in [7, 11) is 0. The number of urea groups is 1. The molecule has 0 aromatic heterocycles. The van der Waals surface area contributed by atoms with E-state index in [9.17, 15) is 14.7 Å². The lowest BCUT2D eigenvalue weighted by Gasteiger charge is -2.44. The molecule has 0 aromatic carbocycles. The number of aliphatic carboxylic acids is 1. The Hall–Kier alpha value is -1.26. The molecule has 0 aromatic rings. The van der Waals surface area contributed by atoms with Gasteiger partial charge in [-0.1, -0.05) is 19.8 Å². The van der Waals surface area contributed by atoms with Gasteiger partial charge in [-0.05, 0) is 43.4 Å². The number of hydrogen-bond donors (Lipinski definition) is 2. The molecule has 3 unspecified atom stereocenters. The highest BCUT2D eigenvalue weighted by atomic mass is 16.4. The molecule has 4 aliphatic rings. The van der Waals surface area contributed by atoms with Crippen LogP contribution in [-0.4, -0.2) is 41.1 Å². The van der Waals surface area contributed by atoms with Crippen LogP contribution in [-0.2, 0) is 4.79 Å². The van der Waals surface area contributed by atoms with E-state index in [-0.39, 0.29) is 11.9 Å². The second kappa shape index (κ2) is 5.85. The molecule has 5 heteroatoms.